The SMILES string of the molecule is O=S1(=O)CC(Sc2nc3cc(Cl)ccc3o2)C1. The summed E-state index contributed by atoms with van der Waals surface area (Å²) in [5.41, 5.74) is 1.36. The second-order valence-electron chi connectivity index (χ2n) is 3.91. The highest BCUT2D eigenvalue weighted by Gasteiger charge is 2.35. The van der Waals surface area contributed by atoms with Crippen LogP contribution in [0.15, 0.2) is 27.8 Å². The molecule has 1 fully saturated rings. The molecule has 0 spiro atoms. The van der Waals surface area contributed by atoms with Crippen molar-refractivity contribution in [1.82, 2.24) is 4.98 Å². The van der Waals surface area contributed by atoms with Gasteiger partial charge in [-0.1, -0.05) is 23.4 Å². The number of hydrogen-bond donors (Lipinski definition) is 0. The normalized spacial score (nSPS) is 19.4. The third kappa shape index (κ3) is 2.29. The summed E-state index contributed by atoms with van der Waals surface area (Å²) >= 11 is 7.21. The van der Waals surface area contributed by atoms with E-state index in [9.17, 15) is 8.42 Å². The summed E-state index contributed by atoms with van der Waals surface area (Å²) in [5.74, 6) is 0.411. The van der Waals surface area contributed by atoms with Crippen molar-refractivity contribution in [3.05, 3.63) is 23.2 Å². The summed E-state index contributed by atoms with van der Waals surface area (Å²) in [6.07, 6.45) is 0. The number of aromatic nitrogens is 1. The minimum Gasteiger partial charge on any atom is -0.431 e. The van der Waals surface area contributed by atoms with Crippen LogP contribution in [0, 0.1) is 0 Å². The van der Waals surface area contributed by atoms with Crippen molar-refractivity contribution in [2.45, 2.75) is 10.5 Å². The second-order valence-corrected chi connectivity index (χ2v) is 7.75. The van der Waals surface area contributed by atoms with Gasteiger partial charge in [-0.15, -0.1) is 0 Å². The number of sulfone groups is 1. The molecule has 0 unspecified atom stereocenters. The summed E-state index contributed by atoms with van der Waals surface area (Å²) in [4.78, 5) is 4.26. The van der Waals surface area contributed by atoms with Gasteiger partial charge in [-0.2, -0.15) is 0 Å². The Hall–Kier alpha value is -0.720. The minimum atomic E-state index is -2.80. The zero-order valence-electron chi connectivity index (χ0n) is 8.59. The molecule has 1 saturated heterocycles. The van der Waals surface area contributed by atoms with Crippen LogP contribution < -0.4 is 0 Å². The predicted octanol–water partition coefficient (Wildman–Crippen LogP) is 2.37. The number of thioether (sulfide) groups is 1. The minimum absolute atomic E-state index is 0.0588. The Bertz CT molecular complexity index is 668. The van der Waals surface area contributed by atoms with E-state index in [-0.39, 0.29) is 16.8 Å². The molecule has 0 radical (unpaired) electrons. The zero-order valence-corrected chi connectivity index (χ0v) is 11.0. The lowest BCUT2D eigenvalue weighted by molar-refractivity contribution is 0.488. The Labute approximate surface area is 107 Å². The number of fused-ring (bicyclic) bond motifs is 1. The van der Waals surface area contributed by atoms with E-state index >= 15 is 0 Å². The van der Waals surface area contributed by atoms with Crippen molar-refractivity contribution in [3.8, 4) is 0 Å². The molecular weight excluding hydrogens is 282 g/mol. The number of rotatable bonds is 2. The number of nitrogens with zero attached hydrogens (tertiary/aromatic N) is 1. The zero-order chi connectivity index (χ0) is 12.0. The van der Waals surface area contributed by atoms with Gasteiger partial charge in [-0.05, 0) is 18.2 Å². The molecule has 1 aliphatic rings. The van der Waals surface area contributed by atoms with Gasteiger partial charge in [0.15, 0.2) is 15.4 Å². The molecule has 0 bridgehead atoms. The molecule has 7 heteroatoms. The van der Waals surface area contributed by atoms with Crippen molar-refractivity contribution in [2.24, 2.45) is 0 Å². The predicted molar refractivity (Wildman–Crippen MR) is 67.3 cm³/mol. The molecule has 3 rings (SSSR count). The van der Waals surface area contributed by atoms with Gasteiger partial charge in [-0.3, -0.25) is 0 Å². The van der Waals surface area contributed by atoms with Crippen LogP contribution in [0.1, 0.15) is 0 Å². The Morgan fingerprint density at radius 2 is 2.18 bits per heavy atom. The van der Waals surface area contributed by atoms with Crippen molar-refractivity contribution in [3.63, 3.8) is 0 Å². The summed E-state index contributed by atoms with van der Waals surface area (Å²) in [7, 11) is -2.80. The van der Waals surface area contributed by atoms with Gasteiger partial charge in [0, 0.05) is 10.3 Å². The lowest BCUT2D eigenvalue weighted by Gasteiger charge is -2.23. The highest BCUT2D eigenvalue weighted by molar-refractivity contribution is 8.04. The van der Waals surface area contributed by atoms with Crippen LogP contribution in [0.4, 0.5) is 0 Å². The van der Waals surface area contributed by atoms with Gasteiger partial charge in [-0.25, -0.2) is 13.4 Å². The fourth-order valence-electron chi connectivity index (χ4n) is 1.66. The van der Waals surface area contributed by atoms with Gasteiger partial charge < -0.3 is 4.42 Å². The van der Waals surface area contributed by atoms with Gasteiger partial charge in [0.1, 0.15) is 5.52 Å². The molecule has 0 saturated carbocycles. The maximum atomic E-state index is 11.0. The Morgan fingerprint density at radius 1 is 1.41 bits per heavy atom. The van der Waals surface area contributed by atoms with Crippen LogP contribution in [-0.2, 0) is 9.84 Å². The third-order valence-corrected chi connectivity index (χ3v) is 6.00. The van der Waals surface area contributed by atoms with E-state index in [1.807, 2.05) is 0 Å². The first-order chi connectivity index (χ1) is 8.02. The van der Waals surface area contributed by atoms with Crippen molar-refractivity contribution in [1.29, 1.82) is 0 Å². The number of oxazole rings is 1. The summed E-state index contributed by atoms with van der Waals surface area (Å²) < 4.78 is 27.5. The number of halogens is 1. The molecule has 4 nitrogen and oxygen atoms in total. The number of benzene rings is 1. The second kappa shape index (κ2) is 3.90. The quantitative estimate of drug-likeness (QED) is 0.849. The maximum absolute atomic E-state index is 11.0. The highest BCUT2D eigenvalue weighted by atomic mass is 35.5. The average molecular weight is 290 g/mol. The van der Waals surface area contributed by atoms with E-state index in [1.54, 1.807) is 18.2 Å². The first-order valence-electron chi connectivity index (χ1n) is 4.95. The molecular formula is C10H8ClNO3S2. The van der Waals surface area contributed by atoms with Crippen molar-refractivity contribution in [2.75, 3.05) is 11.5 Å². The van der Waals surface area contributed by atoms with Crippen molar-refractivity contribution < 1.29 is 12.8 Å². The summed E-state index contributed by atoms with van der Waals surface area (Å²) in [6.45, 7) is 0. The van der Waals surface area contributed by atoms with E-state index in [1.165, 1.54) is 11.8 Å². The van der Waals surface area contributed by atoms with Crippen LogP contribution in [-0.4, -0.2) is 30.2 Å². The molecule has 0 atom stereocenters. The molecule has 17 heavy (non-hydrogen) atoms. The molecule has 0 aliphatic carbocycles. The maximum Gasteiger partial charge on any atom is 0.257 e. The van der Waals surface area contributed by atoms with E-state index in [0.717, 1.165) is 0 Å². The molecule has 2 aromatic rings. The molecule has 1 aromatic carbocycles. The van der Waals surface area contributed by atoms with E-state index in [4.69, 9.17) is 16.0 Å². The lowest BCUT2D eigenvalue weighted by Crippen LogP contribution is -2.38. The van der Waals surface area contributed by atoms with Gasteiger partial charge >= 0.3 is 0 Å². The van der Waals surface area contributed by atoms with Crippen LogP contribution in [0.25, 0.3) is 11.1 Å². The Kier molecular flexibility index (Phi) is 2.61. The third-order valence-electron chi connectivity index (χ3n) is 2.48. The molecule has 0 amide bonds. The van der Waals surface area contributed by atoms with Crippen molar-refractivity contribution >= 4 is 44.3 Å². The standard InChI is InChI=1S/C10H8ClNO3S2/c11-6-1-2-9-8(3-6)12-10(15-9)16-7-4-17(13,14)5-7/h1-3,7H,4-5H2. The molecule has 1 aromatic heterocycles. The molecule has 90 valence electrons. The van der Waals surface area contributed by atoms with Gasteiger partial charge in [0.25, 0.3) is 5.22 Å². The number of hydrogen-bond acceptors (Lipinski definition) is 5. The van der Waals surface area contributed by atoms with Crippen LogP contribution >= 0.6 is 23.4 Å². The molecule has 2 heterocycles. The van der Waals surface area contributed by atoms with Gasteiger partial charge in [0.2, 0.25) is 0 Å². The van der Waals surface area contributed by atoms with Crippen LogP contribution in [0.5, 0.6) is 0 Å². The van der Waals surface area contributed by atoms with E-state index in [2.05, 4.69) is 4.98 Å². The Morgan fingerprint density at radius 3 is 2.88 bits per heavy atom. The molecule has 1 aliphatic heterocycles. The fraction of sp³-hybridized carbons (Fsp3) is 0.300. The largest absolute Gasteiger partial charge is 0.431 e. The molecule has 0 N–H and O–H groups in total. The summed E-state index contributed by atoms with van der Waals surface area (Å²) in [5, 5.41) is 1.17. The Balaban J connectivity index is 1.82. The van der Waals surface area contributed by atoms with E-state index in [0.29, 0.717) is 21.3 Å². The van der Waals surface area contributed by atoms with E-state index < -0.39 is 9.84 Å². The topological polar surface area (TPSA) is 60.2 Å². The fourth-order valence-corrected chi connectivity index (χ4v) is 5.22. The lowest BCUT2D eigenvalue weighted by atomic mass is 10.3. The average Bonchev–Trinajstić information content (AvgIpc) is 2.56. The highest BCUT2D eigenvalue weighted by Crippen LogP contribution is 2.33. The van der Waals surface area contributed by atoms with Gasteiger partial charge in [0.05, 0.1) is 11.5 Å². The summed E-state index contributed by atoms with van der Waals surface area (Å²) in [6, 6.07) is 5.21. The monoisotopic (exact) mass is 289 g/mol. The van der Waals surface area contributed by atoms with Crippen LogP contribution in [0.3, 0.4) is 0 Å². The first kappa shape index (κ1) is 11.4. The smallest absolute Gasteiger partial charge is 0.257 e. The first-order valence-corrected chi connectivity index (χ1v) is 8.03. The van der Waals surface area contributed by atoms with Crippen LogP contribution in [0.2, 0.25) is 5.02 Å².